The molecule has 1 aliphatic rings. The molecule has 1 N–H and O–H groups in total. The van der Waals surface area contributed by atoms with Crippen LogP contribution in [0.4, 0.5) is 0 Å². The van der Waals surface area contributed by atoms with Crippen LogP contribution in [0.25, 0.3) is 0 Å². The predicted octanol–water partition coefficient (Wildman–Crippen LogP) is 3.56. The van der Waals surface area contributed by atoms with Gasteiger partial charge in [-0.3, -0.25) is 4.90 Å². The van der Waals surface area contributed by atoms with Crippen molar-refractivity contribution in [3.63, 3.8) is 0 Å². The first-order valence-electron chi connectivity index (χ1n) is 7.22. The molecule has 19 heavy (non-hydrogen) atoms. The lowest BCUT2D eigenvalue weighted by Gasteiger charge is -2.31. The fourth-order valence-electron chi connectivity index (χ4n) is 2.65. The van der Waals surface area contributed by atoms with Gasteiger partial charge in [-0.2, -0.15) is 0 Å². The van der Waals surface area contributed by atoms with Gasteiger partial charge in [0.2, 0.25) is 0 Å². The minimum Gasteiger partial charge on any atom is -0.507 e. The third-order valence-electron chi connectivity index (χ3n) is 3.96. The number of ether oxygens (including phenoxy) is 1. The van der Waals surface area contributed by atoms with Crippen LogP contribution >= 0.6 is 0 Å². The second-order valence-electron chi connectivity index (χ2n) is 5.98. The summed E-state index contributed by atoms with van der Waals surface area (Å²) in [7, 11) is 0. The Morgan fingerprint density at radius 1 is 1.37 bits per heavy atom. The monoisotopic (exact) mass is 263 g/mol. The van der Waals surface area contributed by atoms with Crippen LogP contribution in [0.1, 0.15) is 45.6 Å². The van der Waals surface area contributed by atoms with E-state index in [4.69, 9.17) is 4.74 Å². The molecule has 1 saturated heterocycles. The molecule has 0 saturated carbocycles. The molecule has 3 nitrogen and oxygen atoms in total. The lowest BCUT2D eigenvalue weighted by Crippen LogP contribution is -2.37. The number of hydrogen-bond donors (Lipinski definition) is 1. The van der Waals surface area contributed by atoms with E-state index < -0.39 is 0 Å². The highest BCUT2D eigenvalue weighted by molar-refractivity contribution is 5.39. The number of likely N-dealkylation sites (tertiary alicyclic amines) is 1. The molecular weight excluding hydrogens is 238 g/mol. The van der Waals surface area contributed by atoms with Gasteiger partial charge >= 0.3 is 0 Å². The highest BCUT2D eigenvalue weighted by atomic mass is 16.5. The lowest BCUT2D eigenvalue weighted by molar-refractivity contribution is 0.165. The molecule has 0 aliphatic carbocycles. The van der Waals surface area contributed by atoms with Crippen LogP contribution in [0.5, 0.6) is 11.5 Å². The van der Waals surface area contributed by atoms with Crippen molar-refractivity contribution < 1.29 is 9.84 Å². The van der Waals surface area contributed by atoms with Crippen LogP contribution in [-0.4, -0.2) is 28.7 Å². The topological polar surface area (TPSA) is 32.7 Å². The molecule has 0 aromatic heterocycles. The number of rotatable bonds is 5. The molecule has 1 aliphatic heterocycles. The summed E-state index contributed by atoms with van der Waals surface area (Å²) < 4.78 is 5.53. The van der Waals surface area contributed by atoms with Crippen molar-refractivity contribution in [2.75, 3.05) is 13.2 Å². The van der Waals surface area contributed by atoms with Crippen molar-refractivity contribution in [2.24, 2.45) is 0 Å². The Hall–Kier alpha value is -1.22. The number of aromatic hydroxyl groups is 1. The van der Waals surface area contributed by atoms with E-state index in [1.54, 1.807) is 6.07 Å². The molecule has 1 aromatic carbocycles. The van der Waals surface area contributed by atoms with E-state index in [0.29, 0.717) is 12.4 Å². The summed E-state index contributed by atoms with van der Waals surface area (Å²) in [6.07, 6.45) is 3.45. The summed E-state index contributed by atoms with van der Waals surface area (Å²) in [4.78, 5) is 2.44. The predicted molar refractivity (Wildman–Crippen MR) is 77.6 cm³/mol. The molecule has 1 heterocycles. The maximum Gasteiger partial charge on any atom is 0.123 e. The molecule has 1 aromatic rings. The summed E-state index contributed by atoms with van der Waals surface area (Å²) in [5.41, 5.74) is 1.22. The minimum absolute atomic E-state index is 0.240. The van der Waals surface area contributed by atoms with Gasteiger partial charge in [0.25, 0.3) is 0 Å². The molecule has 2 rings (SSSR count). The zero-order valence-corrected chi connectivity index (χ0v) is 12.3. The standard InChI is InChI=1S/C16H25NO2/c1-4-10-19-14-7-6-13(15(18)11-14)12-17-9-5-8-16(17,2)3/h6-7,11,18H,4-5,8-10,12H2,1-3H3. The molecule has 0 bridgehead atoms. The molecule has 0 radical (unpaired) electrons. The average Bonchev–Trinajstić information content (AvgIpc) is 2.69. The molecule has 0 unspecified atom stereocenters. The van der Waals surface area contributed by atoms with Gasteiger partial charge in [0, 0.05) is 23.7 Å². The van der Waals surface area contributed by atoms with E-state index in [0.717, 1.165) is 30.8 Å². The quantitative estimate of drug-likeness (QED) is 0.881. The molecule has 0 spiro atoms. The summed E-state index contributed by atoms with van der Waals surface area (Å²) in [6, 6.07) is 5.66. The number of nitrogens with zero attached hydrogens (tertiary/aromatic N) is 1. The highest BCUT2D eigenvalue weighted by Gasteiger charge is 2.31. The SMILES string of the molecule is CCCOc1ccc(CN2CCCC2(C)C)c(O)c1. The first kappa shape index (κ1) is 14.2. The van der Waals surface area contributed by atoms with E-state index in [1.165, 1.54) is 12.8 Å². The minimum atomic E-state index is 0.240. The molecule has 3 heteroatoms. The van der Waals surface area contributed by atoms with Gasteiger partial charge in [0.1, 0.15) is 11.5 Å². The number of hydrogen-bond acceptors (Lipinski definition) is 3. The maximum atomic E-state index is 10.1. The Morgan fingerprint density at radius 2 is 2.16 bits per heavy atom. The zero-order chi connectivity index (χ0) is 13.9. The van der Waals surface area contributed by atoms with E-state index in [1.807, 2.05) is 12.1 Å². The highest BCUT2D eigenvalue weighted by Crippen LogP contribution is 2.32. The summed E-state index contributed by atoms with van der Waals surface area (Å²) in [6.45, 7) is 9.24. The molecule has 1 fully saturated rings. The van der Waals surface area contributed by atoms with Crippen LogP contribution in [0.15, 0.2) is 18.2 Å². The van der Waals surface area contributed by atoms with Crippen LogP contribution in [0.2, 0.25) is 0 Å². The second-order valence-corrected chi connectivity index (χ2v) is 5.98. The summed E-state index contributed by atoms with van der Waals surface area (Å²) in [5, 5.41) is 10.1. The van der Waals surface area contributed by atoms with E-state index in [2.05, 4.69) is 25.7 Å². The van der Waals surface area contributed by atoms with Gasteiger partial charge < -0.3 is 9.84 Å². The molecular formula is C16H25NO2. The van der Waals surface area contributed by atoms with Gasteiger partial charge in [-0.15, -0.1) is 0 Å². The fourth-order valence-corrected chi connectivity index (χ4v) is 2.65. The zero-order valence-electron chi connectivity index (χ0n) is 12.3. The van der Waals surface area contributed by atoms with E-state index >= 15 is 0 Å². The van der Waals surface area contributed by atoms with Crippen molar-refractivity contribution in [2.45, 2.75) is 52.1 Å². The first-order valence-corrected chi connectivity index (χ1v) is 7.22. The Morgan fingerprint density at radius 3 is 2.74 bits per heavy atom. The van der Waals surface area contributed by atoms with Gasteiger partial charge in [-0.25, -0.2) is 0 Å². The van der Waals surface area contributed by atoms with Gasteiger partial charge in [-0.05, 0) is 45.7 Å². The van der Waals surface area contributed by atoms with Crippen molar-refractivity contribution in [3.8, 4) is 11.5 Å². The van der Waals surface area contributed by atoms with Crippen LogP contribution in [0, 0.1) is 0 Å². The smallest absolute Gasteiger partial charge is 0.123 e. The Labute approximate surface area is 116 Å². The second kappa shape index (κ2) is 5.83. The van der Waals surface area contributed by atoms with E-state index in [-0.39, 0.29) is 5.54 Å². The first-order chi connectivity index (χ1) is 9.03. The number of benzene rings is 1. The Bertz CT molecular complexity index is 429. The normalized spacial score (nSPS) is 18.7. The van der Waals surface area contributed by atoms with Gasteiger partial charge in [0.15, 0.2) is 0 Å². The van der Waals surface area contributed by atoms with Crippen molar-refractivity contribution >= 4 is 0 Å². The summed E-state index contributed by atoms with van der Waals surface area (Å²) >= 11 is 0. The number of phenolic OH excluding ortho intramolecular Hbond substituents is 1. The lowest BCUT2D eigenvalue weighted by atomic mass is 10.0. The van der Waals surface area contributed by atoms with Crippen molar-refractivity contribution in [1.29, 1.82) is 0 Å². The van der Waals surface area contributed by atoms with E-state index in [9.17, 15) is 5.11 Å². The van der Waals surface area contributed by atoms with Gasteiger partial charge in [0.05, 0.1) is 6.61 Å². The molecule has 106 valence electrons. The summed E-state index contributed by atoms with van der Waals surface area (Å²) in [5.74, 6) is 1.10. The van der Waals surface area contributed by atoms with Gasteiger partial charge in [-0.1, -0.05) is 13.0 Å². The third kappa shape index (κ3) is 3.41. The Balaban J connectivity index is 2.05. The average molecular weight is 263 g/mol. The maximum absolute atomic E-state index is 10.1. The van der Waals surface area contributed by atoms with Crippen LogP contribution < -0.4 is 4.74 Å². The Kier molecular flexibility index (Phi) is 4.35. The largest absolute Gasteiger partial charge is 0.507 e. The van der Waals surface area contributed by atoms with Crippen molar-refractivity contribution in [3.05, 3.63) is 23.8 Å². The fraction of sp³-hybridized carbons (Fsp3) is 0.625. The van der Waals surface area contributed by atoms with Crippen molar-refractivity contribution in [1.82, 2.24) is 4.90 Å². The molecule has 0 atom stereocenters. The van der Waals surface area contributed by atoms with Crippen LogP contribution in [-0.2, 0) is 6.54 Å². The molecule has 0 amide bonds. The third-order valence-corrected chi connectivity index (χ3v) is 3.96. The number of phenols is 1. The van der Waals surface area contributed by atoms with Crippen LogP contribution in [0.3, 0.4) is 0 Å².